The molecule has 1 amide bonds. The van der Waals surface area contributed by atoms with E-state index in [4.69, 9.17) is 5.73 Å². The third kappa shape index (κ3) is 3.53. The van der Waals surface area contributed by atoms with E-state index in [0.717, 1.165) is 24.8 Å². The summed E-state index contributed by atoms with van der Waals surface area (Å²) in [6.07, 6.45) is 7.34. The zero-order chi connectivity index (χ0) is 12.1. The van der Waals surface area contributed by atoms with Gasteiger partial charge in [0.25, 0.3) is 0 Å². The van der Waals surface area contributed by atoms with Gasteiger partial charge in [0, 0.05) is 31.4 Å². The highest BCUT2D eigenvalue weighted by atomic mass is 16.1. The topological polar surface area (TPSA) is 68.0 Å². The zero-order valence-corrected chi connectivity index (χ0v) is 9.93. The average Bonchev–Trinajstić information content (AvgIpc) is 2.74. The van der Waals surface area contributed by atoms with Crippen LogP contribution in [0.3, 0.4) is 0 Å². The zero-order valence-electron chi connectivity index (χ0n) is 9.93. The van der Waals surface area contributed by atoms with E-state index in [2.05, 4.69) is 10.3 Å². The molecule has 1 aliphatic carbocycles. The Hall–Kier alpha value is -1.42. The summed E-state index contributed by atoms with van der Waals surface area (Å²) in [6, 6.07) is 4.03. The molecule has 1 aromatic heterocycles. The first-order valence-corrected chi connectivity index (χ1v) is 6.17. The minimum absolute atomic E-state index is 0.0937. The molecule has 0 aliphatic heterocycles. The van der Waals surface area contributed by atoms with Crippen molar-refractivity contribution in [2.45, 2.75) is 38.3 Å². The molecule has 2 rings (SSSR count). The second-order valence-electron chi connectivity index (χ2n) is 4.70. The molecule has 1 saturated carbocycles. The third-order valence-electron chi connectivity index (χ3n) is 3.38. The van der Waals surface area contributed by atoms with E-state index in [1.165, 1.54) is 0 Å². The molecule has 0 saturated heterocycles. The van der Waals surface area contributed by atoms with Crippen molar-refractivity contribution in [3.05, 3.63) is 30.1 Å². The van der Waals surface area contributed by atoms with Crippen molar-refractivity contribution in [2.24, 2.45) is 11.7 Å². The van der Waals surface area contributed by atoms with E-state index < -0.39 is 0 Å². The molecule has 3 N–H and O–H groups in total. The van der Waals surface area contributed by atoms with E-state index in [1.807, 2.05) is 12.1 Å². The van der Waals surface area contributed by atoms with Gasteiger partial charge in [-0.05, 0) is 30.4 Å². The molecular weight excluding hydrogens is 214 g/mol. The Balaban J connectivity index is 1.74. The molecule has 0 unspecified atom stereocenters. The van der Waals surface area contributed by atoms with Crippen molar-refractivity contribution in [3.63, 3.8) is 0 Å². The van der Waals surface area contributed by atoms with Crippen LogP contribution in [0.5, 0.6) is 0 Å². The van der Waals surface area contributed by atoms with Gasteiger partial charge in [0.05, 0.1) is 0 Å². The van der Waals surface area contributed by atoms with Gasteiger partial charge in [-0.1, -0.05) is 12.5 Å². The number of carbonyl (C=O) groups excluding carboxylic acids is 1. The van der Waals surface area contributed by atoms with Crippen LogP contribution in [0.25, 0.3) is 0 Å². The molecule has 0 bridgehead atoms. The molecule has 1 aliphatic rings. The molecule has 4 nitrogen and oxygen atoms in total. The minimum Gasteiger partial charge on any atom is -0.352 e. The maximum absolute atomic E-state index is 11.7. The Morgan fingerprint density at radius 3 is 3.06 bits per heavy atom. The van der Waals surface area contributed by atoms with Crippen molar-refractivity contribution < 1.29 is 4.79 Å². The average molecular weight is 233 g/mol. The first kappa shape index (κ1) is 12.0. The van der Waals surface area contributed by atoms with Crippen LogP contribution in [-0.2, 0) is 11.3 Å². The van der Waals surface area contributed by atoms with Gasteiger partial charge in [-0.25, -0.2) is 0 Å². The van der Waals surface area contributed by atoms with Crippen LogP contribution >= 0.6 is 0 Å². The Morgan fingerprint density at radius 2 is 2.41 bits per heavy atom. The van der Waals surface area contributed by atoms with Crippen molar-refractivity contribution in [3.8, 4) is 0 Å². The van der Waals surface area contributed by atoms with E-state index >= 15 is 0 Å². The number of hydrogen-bond acceptors (Lipinski definition) is 3. The number of nitrogens with zero attached hydrogens (tertiary/aromatic N) is 1. The van der Waals surface area contributed by atoms with Gasteiger partial charge < -0.3 is 11.1 Å². The van der Waals surface area contributed by atoms with Gasteiger partial charge in [-0.2, -0.15) is 0 Å². The first-order chi connectivity index (χ1) is 8.25. The quantitative estimate of drug-likeness (QED) is 0.821. The number of nitrogens with one attached hydrogen (secondary N) is 1. The number of hydrogen-bond donors (Lipinski definition) is 2. The molecular formula is C13H19N3O. The number of aromatic nitrogens is 1. The summed E-state index contributed by atoms with van der Waals surface area (Å²) < 4.78 is 0. The molecule has 92 valence electrons. The van der Waals surface area contributed by atoms with Crippen LogP contribution in [0.2, 0.25) is 0 Å². The fraction of sp³-hybridized carbons (Fsp3) is 0.538. The fourth-order valence-electron chi connectivity index (χ4n) is 2.33. The maximum atomic E-state index is 11.7. The molecule has 2 atom stereocenters. The summed E-state index contributed by atoms with van der Waals surface area (Å²) in [5, 5.41) is 2.91. The van der Waals surface area contributed by atoms with Crippen LogP contribution in [0, 0.1) is 5.92 Å². The second-order valence-corrected chi connectivity index (χ2v) is 4.70. The number of amides is 1. The van der Waals surface area contributed by atoms with E-state index in [-0.39, 0.29) is 11.9 Å². The van der Waals surface area contributed by atoms with Gasteiger partial charge in [-0.3, -0.25) is 9.78 Å². The first-order valence-electron chi connectivity index (χ1n) is 6.17. The van der Waals surface area contributed by atoms with E-state index in [9.17, 15) is 4.79 Å². The molecule has 0 aromatic carbocycles. The largest absolute Gasteiger partial charge is 0.352 e. The lowest BCUT2D eigenvalue weighted by atomic mass is 10.00. The number of rotatable bonds is 4. The van der Waals surface area contributed by atoms with E-state index in [0.29, 0.717) is 18.9 Å². The summed E-state index contributed by atoms with van der Waals surface area (Å²) in [5.41, 5.74) is 6.97. The highest BCUT2D eigenvalue weighted by Gasteiger charge is 2.25. The molecule has 1 fully saturated rings. The predicted octanol–water partition coefficient (Wildman–Crippen LogP) is 1.22. The third-order valence-corrected chi connectivity index (χ3v) is 3.38. The van der Waals surface area contributed by atoms with Crippen LogP contribution < -0.4 is 11.1 Å². The Morgan fingerprint density at radius 1 is 1.53 bits per heavy atom. The van der Waals surface area contributed by atoms with Crippen LogP contribution in [0.15, 0.2) is 24.5 Å². The van der Waals surface area contributed by atoms with E-state index in [1.54, 1.807) is 12.4 Å². The smallest absolute Gasteiger partial charge is 0.220 e. The normalized spacial score (nSPS) is 23.6. The number of pyridine rings is 1. The summed E-state index contributed by atoms with van der Waals surface area (Å²) in [6.45, 7) is 0.550. The van der Waals surface area contributed by atoms with Gasteiger partial charge in [0.2, 0.25) is 5.91 Å². The molecule has 0 radical (unpaired) electrons. The fourth-order valence-corrected chi connectivity index (χ4v) is 2.33. The number of carbonyl (C=O) groups is 1. The summed E-state index contributed by atoms with van der Waals surface area (Å²) >= 11 is 0. The molecule has 1 heterocycles. The van der Waals surface area contributed by atoms with Gasteiger partial charge >= 0.3 is 0 Å². The molecule has 4 heteroatoms. The monoisotopic (exact) mass is 233 g/mol. The van der Waals surface area contributed by atoms with Crippen molar-refractivity contribution in [2.75, 3.05) is 0 Å². The van der Waals surface area contributed by atoms with Gasteiger partial charge in [-0.15, -0.1) is 0 Å². The second kappa shape index (κ2) is 5.77. The van der Waals surface area contributed by atoms with Crippen molar-refractivity contribution in [1.82, 2.24) is 10.3 Å². The van der Waals surface area contributed by atoms with Crippen molar-refractivity contribution >= 4 is 5.91 Å². The molecule has 0 spiro atoms. The summed E-state index contributed by atoms with van der Waals surface area (Å²) in [4.78, 5) is 15.7. The highest BCUT2D eigenvalue weighted by molar-refractivity contribution is 5.76. The van der Waals surface area contributed by atoms with Crippen molar-refractivity contribution in [1.29, 1.82) is 0 Å². The number of nitrogens with two attached hydrogens (primary N) is 1. The summed E-state index contributed by atoms with van der Waals surface area (Å²) in [7, 11) is 0. The van der Waals surface area contributed by atoms with Gasteiger partial charge in [0.1, 0.15) is 0 Å². The van der Waals surface area contributed by atoms with Gasteiger partial charge in [0.15, 0.2) is 0 Å². The molecule has 1 aromatic rings. The SMILES string of the molecule is N[C@@H]1CCC[C@H]1CC(=O)NCc1cccnc1. The lowest BCUT2D eigenvalue weighted by Gasteiger charge is -2.14. The van der Waals surface area contributed by atoms with Crippen LogP contribution in [0.1, 0.15) is 31.2 Å². The minimum atomic E-state index is 0.0937. The Kier molecular flexibility index (Phi) is 4.09. The predicted molar refractivity (Wildman–Crippen MR) is 66.0 cm³/mol. The Labute approximate surface area is 102 Å². The highest BCUT2D eigenvalue weighted by Crippen LogP contribution is 2.26. The standard InChI is InChI=1S/C13H19N3O/c14-12-5-1-4-11(12)7-13(17)16-9-10-3-2-6-15-8-10/h2-3,6,8,11-12H,1,4-5,7,9,14H2,(H,16,17)/t11-,12+/m0/s1. The molecule has 17 heavy (non-hydrogen) atoms. The lowest BCUT2D eigenvalue weighted by molar-refractivity contribution is -0.122. The Bertz CT molecular complexity index is 366. The van der Waals surface area contributed by atoms with Crippen LogP contribution in [0.4, 0.5) is 0 Å². The van der Waals surface area contributed by atoms with Crippen LogP contribution in [-0.4, -0.2) is 16.9 Å². The summed E-state index contributed by atoms with van der Waals surface area (Å²) in [5.74, 6) is 0.458. The maximum Gasteiger partial charge on any atom is 0.220 e. The lowest BCUT2D eigenvalue weighted by Crippen LogP contribution is -2.31.